The molecule has 2 rings (SSSR count). The first-order valence-corrected chi connectivity index (χ1v) is 6.63. The van der Waals surface area contributed by atoms with Crippen LogP contribution in [0.1, 0.15) is 47.4 Å². The van der Waals surface area contributed by atoms with E-state index < -0.39 is 0 Å². The van der Waals surface area contributed by atoms with Crippen molar-refractivity contribution in [3.05, 3.63) is 18.3 Å². The number of aryl methyl sites for hydroxylation is 2. The molecule has 0 aliphatic carbocycles. The number of nitrogens with zero attached hydrogens (tertiary/aromatic N) is 4. The monoisotopic (exact) mass is 253 g/mol. The van der Waals surface area contributed by atoms with Gasteiger partial charge < -0.3 is 4.57 Å². The normalized spacial score (nSPS) is 8.00. The van der Waals surface area contributed by atoms with Crippen molar-refractivity contribution in [3.63, 3.8) is 0 Å². The molecule has 2 heterocycles. The predicted octanol–water partition coefficient (Wildman–Crippen LogP) is 3.59. The number of H-pyrrole nitrogens is 1. The summed E-state index contributed by atoms with van der Waals surface area (Å²) in [6.45, 7) is 13.9. The predicted molar refractivity (Wildman–Crippen MR) is 77.4 cm³/mol. The Morgan fingerprint density at radius 3 is 1.94 bits per heavy atom. The van der Waals surface area contributed by atoms with Crippen LogP contribution in [-0.2, 0) is 7.05 Å². The van der Waals surface area contributed by atoms with Crippen molar-refractivity contribution in [1.82, 2.24) is 24.7 Å². The minimum atomic E-state index is 0.646. The molecular formula is C13H27N5. The van der Waals surface area contributed by atoms with Gasteiger partial charge in [0.25, 0.3) is 0 Å². The number of nitrogens with one attached hydrogen (secondary N) is 1. The van der Waals surface area contributed by atoms with Crippen LogP contribution in [0.3, 0.4) is 0 Å². The molecule has 5 heteroatoms. The maximum Gasteiger partial charge on any atom is 0.201 e. The lowest BCUT2D eigenvalue weighted by molar-refractivity contribution is 0.913. The van der Waals surface area contributed by atoms with Crippen molar-refractivity contribution in [1.29, 1.82) is 0 Å². The maximum absolute atomic E-state index is 4.15. The highest BCUT2D eigenvalue weighted by Crippen LogP contribution is 2.09. The Balaban J connectivity index is 0. The van der Waals surface area contributed by atoms with Crippen molar-refractivity contribution in [3.8, 4) is 11.5 Å². The topological polar surface area (TPSA) is 59.4 Å². The fraction of sp³-hybridized carbons (Fsp3) is 0.615. The van der Waals surface area contributed by atoms with Gasteiger partial charge in [0.05, 0.1) is 6.33 Å². The van der Waals surface area contributed by atoms with Crippen molar-refractivity contribution >= 4 is 0 Å². The van der Waals surface area contributed by atoms with E-state index in [0.29, 0.717) is 5.82 Å². The number of imidazole rings is 1. The van der Waals surface area contributed by atoms with E-state index in [0.717, 1.165) is 11.5 Å². The molecule has 0 saturated carbocycles. The van der Waals surface area contributed by atoms with Crippen LogP contribution in [0.5, 0.6) is 0 Å². The van der Waals surface area contributed by atoms with Gasteiger partial charge in [0.1, 0.15) is 11.5 Å². The Bertz CT molecular complexity index is 351. The number of hydrogen-bond donors (Lipinski definition) is 1. The van der Waals surface area contributed by atoms with Gasteiger partial charge in [0, 0.05) is 13.2 Å². The zero-order valence-electron chi connectivity index (χ0n) is 12.9. The van der Waals surface area contributed by atoms with E-state index in [1.165, 1.54) is 0 Å². The van der Waals surface area contributed by atoms with E-state index in [1.54, 1.807) is 6.33 Å². The van der Waals surface area contributed by atoms with Gasteiger partial charge in [-0.25, -0.2) is 9.97 Å². The molecule has 0 aromatic carbocycles. The molecule has 0 amide bonds. The van der Waals surface area contributed by atoms with Crippen molar-refractivity contribution in [2.24, 2.45) is 7.05 Å². The molecule has 0 spiro atoms. The summed E-state index contributed by atoms with van der Waals surface area (Å²) in [5.74, 6) is 1.45. The summed E-state index contributed by atoms with van der Waals surface area (Å²) in [6.07, 6.45) is 3.60. The summed E-state index contributed by atoms with van der Waals surface area (Å²) in [6, 6.07) is 0. The summed E-state index contributed by atoms with van der Waals surface area (Å²) in [4.78, 5) is 8.27. The first-order valence-electron chi connectivity index (χ1n) is 6.63. The molecule has 5 nitrogen and oxygen atoms in total. The third-order valence-electron chi connectivity index (χ3n) is 1.53. The first kappa shape index (κ1) is 18.7. The SMILES string of the molecule is CC.CC.CC.Cc1nc(-c2cn(C)cn2)n[nH]1. The smallest absolute Gasteiger partial charge is 0.201 e. The lowest BCUT2D eigenvalue weighted by Crippen LogP contribution is -1.80. The molecule has 2 aromatic heterocycles. The van der Waals surface area contributed by atoms with Gasteiger partial charge in [-0.2, -0.15) is 5.10 Å². The second-order valence-corrected chi connectivity index (χ2v) is 2.67. The van der Waals surface area contributed by atoms with Crippen LogP contribution in [0.2, 0.25) is 0 Å². The van der Waals surface area contributed by atoms with Crippen LogP contribution in [0.4, 0.5) is 0 Å². The van der Waals surface area contributed by atoms with E-state index in [1.807, 2.05) is 66.3 Å². The van der Waals surface area contributed by atoms with Gasteiger partial charge in [-0.15, -0.1) is 0 Å². The molecule has 1 N–H and O–H groups in total. The largest absolute Gasteiger partial charge is 0.340 e. The average Bonchev–Trinajstić information content (AvgIpc) is 3.05. The number of aromatic amines is 1. The van der Waals surface area contributed by atoms with Gasteiger partial charge in [0.15, 0.2) is 0 Å². The van der Waals surface area contributed by atoms with E-state index in [9.17, 15) is 0 Å². The molecule has 0 radical (unpaired) electrons. The van der Waals surface area contributed by atoms with Crippen LogP contribution >= 0.6 is 0 Å². The molecule has 104 valence electrons. The Labute approximate surface area is 111 Å². The first-order chi connectivity index (χ1) is 8.75. The van der Waals surface area contributed by atoms with E-state index in [4.69, 9.17) is 0 Å². The molecular weight excluding hydrogens is 226 g/mol. The number of rotatable bonds is 1. The standard InChI is InChI=1S/C7H9N5.3C2H6/c1-5-9-7(11-10-5)6-3-12(2)4-8-6;3*1-2/h3-4H,1-2H3,(H,9,10,11);3*1-2H3. The Morgan fingerprint density at radius 2 is 1.61 bits per heavy atom. The van der Waals surface area contributed by atoms with E-state index in [2.05, 4.69) is 20.2 Å². The highest BCUT2D eigenvalue weighted by atomic mass is 15.2. The van der Waals surface area contributed by atoms with Crippen molar-refractivity contribution in [2.45, 2.75) is 48.5 Å². The Kier molecular flexibility index (Phi) is 12.3. The van der Waals surface area contributed by atoms with Gasteiger partial charge in [-0.05, 0) is 6.92 Å². The summed E-state index contributed by atoms with van der Waals surface area (Å²) in [7, 11) is 1.91. The summed E-state index contributed by atoms with van der Waals surface area (Å²) in [5, 5.41) is 6.75. The second kappa shape index (κ2) is 11.8. The molecule has 0 atom stereocenters. The minimum Gasteiger partial charge on any atom is -0.340 e. The Morgan fingerprint density at radius 1 is 1.06 bits per heavy atom. The van der Waals surface area contributed by atoms with Crippen LogP contribution in [0.25, 0.3) is 11.5 Å². The van der Waals surface area contributed by atoms with Crippen molar-refractivity contribution < 1.29 is 0 Å². The highest BCUT2D eigenvalue weighted by molar-refractivity contribution is 5.46. The van der Waals surface area contributed by atoms with E-state index >= 15 is 0 Å². The number of aromatic nitrogens is 5. The lowest BCUT2D eigenvalue weighted by atomic mass is 10.4. The fourth-order valence-electron chi connectivity index (χ4n) is 0.986. The summed E-state index contributed by atoms with van der Waals surface area (Å²) < 4.78 is 1.86. The third-order valence-corrected chi connectivity index (χ3v) is 1.53. The molecule has 18 heavy (non-hydrogen) atoms. The maximum atomic E-state index is 4.15. The van der Waals surface area contributed by atoms with Gasteiger partial charge in [0.2, 0.25) is 5.82 Å². The van der Waals surface area contributed by atoms with E-state index in [-0.39, 0.29) is 0 Å². The quantitative estimate of drug-likeness (QED) is 0.844. The molecule has 0 aliphatic rings. The molecule has 0 saturated heterocycles. The second-order valence-electron chi connectivity index (χ2n) is 2.67. The minimum absolute atomic E-state index is 0.646. The van der Waals surface area contributed by atoms with Crippen LogP contribution in [0.15, 0.2) is 12.5 Å². The van der Waals surface area contributed by atoms with Crippen LogP contribution in [-0.4, -0.2) is 24.7 Å². The fourth-order valence-corrected chi connectivity index (χ4v) is 0.986. The molecule has 0 bridgehead atoms. The van der Waals surface area contributed by atoms with Gasteiger partial charge in [-0.1, -0.05) is 41.5 Å². The Hall–Kier alpha value is -1.65. The molecule has 0 aliphatic heterocycles. The molecule has 0 fully saturated rings. The zero-order chi connectivity index (χ0) is 14.6. The summed E-state index contributed by atoms with van der Waals surface area (Å²) >= 11 is 0. The zero-order valence-corrected chi connectivity index (χ0v) is 12.9. The van der Waals surface area contributed by atoms with Crippen molar-refractivity contribution in [2.75, 3.05) is 0 Å². The lowest BCUT2D eigenvalue weighted by Gasteiger charge is -1.83. The molecule has 0 unspecified atom stereocenters. The molecule has 2 aromatic rings. The summed E-state index contributed by atoms with van der Waals surface area (Å²) in [5.41, 5.74) is 0.793. The van der Waals surface area contributed by atoms with Gasteiger partial charge >= 0.3 is 0 Å². The highest BCUT2D eigenvalue weighted by Gasteiger charge is 2.04. The van der Waals surface area contributed by atoms with Gasteiger partial charge in [-0.3, -0.25) is 5.10 Å². The number of hydrogen-bond acceptors (Lipinski definition) is 3. The average molecular weight is 253 g/mol. The van der Waals surface area contributed by atoms with Crippen LogP contribution < -0.4 is 0 Å². The van der Waals surface area contributed by atoms with Crippen LogP contribution in [0, 0.1) is 6.92 Å². The third kappa shape index (κ3) is 6.18.